The lowest BCUT2D eigenvalue weighted by atomic mass is 9.81. The third-order valence-corrected chi connectivity index (χ3v) is 6.45. The fraction of sp³-hybridized carbons (Fsp3) is 0.259. The summed E-state index contributed by atoms with van der Waals surface area (Å²) in [5.74, 6) is -0.997. The molecule has 0 bridgehead atoms. The van der Waals surface area contributed by atoms with Gasteiger partial charge < -0.3 is 16.5 Å². The number of Topliss-reactive ketones (excluding diaryl/α,β-unsaturated/α-hetero) is 1. The van der Waals surface area contributed by atoms with Gasteiger partial charge in [-0.3, -0.25) is 14.6 Å². The van der Waals surface area contributed by atoms with Gasteiger partial charge in [-0.15, -0.1) is 0 Å². The van der Waals surface area contributed by atoms with E-state index in [1.807, 2.05) is 25.1 Å². The smallest absolute Gasteiger partial charge is 0.255 e. The fourth-order valence-electron chi connectivity index (χ4n) is 4.57. The molecule has 1 aromatic heterocycles. The van der Waals surface area contributed by atoms with Gasteiger partial charge in [-0.05, 0) is 60.2 Å². The first-order valence-electron chi connectivity index (χ1n) is 11.3. The molecule has 0 radical (unpaired) electrons. The summed E-state index contributed by atoms with van der Waals surface area (Å²) in [6.07, 6.45) is 5.43. The van der Waals surface area contributed by atoms with E-state index in [0.29, 0.717) is 17.7 Å². The van der Waals surface area contributed by atoms with Crippen LogP contribution in [0.1, 0.15) is 58.8 Å². The Kier molecular flexibility index (Phi) is 6.75. The summed E-state index contributed by atoms with van der Waals surface area (Å²) in [6, 6.07) is 18.0. The molecule has 2 aromatic carbocycles. The Morgan fingerprint density at radius 1 is 1.09 bits per heavy atom. The number of carbonyl (C=O) groups is 2. The van der Waals surface area contributed by atoms with Crippen LogP contribution in [0.2, 0.25) is 0 Å². The molecule has 0 spiro atoms. The Morgan fingerprint density at radius 2 is 1.79 bits per heavy atom. The molecule has 33 heavy (non-hydrogen) atoms. The lowest BCUT2D eigenvalue weighted by Gasteiger charge is -2.25. The van der Waals surface area contributed by atoms with Crippen molar-refractivity contribution in [2.75, 3.05) is 5.32 Å². The fourth-order valence-corrected chi connectivity index (χ4v) is 4.57. The Bertz CT molecular complexity index is 1160. The number of hydrogen-bond donors (Lipinski definition) is 3. The summed E-state index contributed by atoms with van der Waals surface area (Å²) in [5, 5.41) is 11.5. The van der Waals surface area contributed by atoms with Gasteiger partial charge in [-0.25, -0.2) is 0 Å². The molecule has 1 aliphatic rings. The second kappa shape index (κ2) is 9.88. The van der Waals surface area contributed by atoms with Crippen molar-refractivity contribution in [2.45, 2.75) is 38.1 Å². The highest BCUT2D eigenvalue weighted by atomic mass is 16.1. The summed E-state index contributed by atoms with van der Waals surface area (Å²) in [4.78, 5) is 29.6. The van der Waals surface area contributed by atoms with E-state index < -0.39 is 6.04 Å². The van der Waals surface area contributed by atoms with Crippen molar-refractivity contribution in [3.63, 3.8) is 0 Å². The third kappa shape index (κ3) is 4.76. The molecular formula is C27H28N4O2. The average molecular weight is 441 g/mol. The van der Waals surface area contributed by atoms with Crippen molar-refractivity contribution in [3.8, 4) is 0 Å². The van der Waals surface area contributed by atoms with Crippen LogP contribution in [0.5, 0.6) is 0 Å². The maximum Gasteiger partial charge on any atom is 0.255 e. The standard InChI is InChI=1S/C27H28N4O2/c1-2-21(25(29)26(32)23-12-11-17-5-3-4-6-22(17)23)24(28)18-7-9-19(10-8-18)27(33)31-20-13-15-30-16-14-20/h3-10,13-16,21,23-24,29H,2,11-12,28H2,1H3,(H,30,31,33)/t21-,23-,24?/m1/s1. The predicted octanol–water partition coefficient (Wildman–Crippen LogP) is 4.68. The first-order valence-corrected chi connectivity index (χ1v) is 11.3. The van der Waals surface area contributed by atoms with Crippen LogP contribution in [0.25, 0.3) is 0 Å². The molecule has 1 amide bonds. The van der Waals surface area contributed by atoms with Crippen LogP contribution in [0, 0.1) is 11.3 Å². The zero-order valence-electron chi connectivity index (χ0n) is 18.6. The van der Waals surface area contributed by atoms with Gasteiger partial charge in [0.05, 0.1) is 5.71 Å². The Balaban J connectivity index is 1.45. The van der Waals surface area contributed by atoms with Crippen molar-refractivity contribution in [3.05, 3.63) is 95.3 Å². The van der Waals surface area contributed by atoms with Gasteiger partial charge in [0.15, 0.2) is 5.78 Å². The van der Waals surface area contributed by atoms with Crippen molar-refractivity contribution in [1.82, 2.24) is 4.98 Å². The molecule has 0 saturated heterocycles. The number of hydrogen-bond acceptors (Lipinski definition) is 5. The minimum atomic E-state index is -0.500. The molecule has 4 rings (SSSR count). The summed E-state index contributed by atoms with van der Waals surface area (Å²) in [6.45, 7) is 1.95. The first kappa shape index (κ1) is 22.6. The number of rotatable bonds is 8. The van der Waals surface area contributed by atoms with Crippen LogP contribution in [0.3, 0.4) is 0 Å². The molecule has 0 saturated carbocycles. The van der Waals surface area contributed by atoms with E-state index in [1.165, 1.54) is 5.56 Å². The molecule has 0 fully saturated rings. The average Bonchev–Trinajstić information content (AvgIpc) is 3.28. The highest BCUT2D eigenvalue weighted by Gasteiger charge is 2.35. The number of amides is 1. The number of nitrogens with zero attached hydrogens (tertiary/aromatic N) is 1. The SMILES string of the molecule is CC[C@@H](C(=N)C(=O)[C@@H]1CCc2ccccc21)C(N)c1ccc(C(=O)Nc2ccncc2)cc1. The van der Waals surface area contributed by atoms with Crippen LogP contribution in [-0.4, -0.2) is 22.4 Å². The third-order valence-electron chi connectivity index (χ3n) is 6.45. The van der Waals surface area contributed by atoms with E-state index >= 15 is 0 Å². The lowest BCUT2D eigenvalue weighted by molar-refractivity contribution is -0.114. The number of aryl methyl sites for hydroxylation is 1. The molecule has 3 atom stereocenters. The highest BCUT2D eigenvalue weighted by Crippen LogP contribution is 2.35. The molecule has 4 N–H and O–H groups in total. The molecular weight excluding hydrogens is 412 g/mol. The minimum Gasteiger partial charge on any atom is -0.323 e. The lowest BCUT2D eigenvalue weighted by Crippen LogP contribution is -2.34. The van der Waals surface area contributed by atoms with Crippen molar-refractivity contribution in [2.24, 2.45) is 11.7 Å². The summed E-state index contributed by atoms with van der Waals surface area (Å²) < 4.78 is 0. The number of aromatic nitrogens is 1. The maximum absolute atomic E-state index is 13.2. The van der Waals surface area contributed by atoms with Crippen molar-refractivity contribution < 1.29 is 9.59 Å². The summed E-state index contributed by atoms with van der Waals surface area (Å²) in [7, 11) is 0. The molecule has 6 heteroatoms. The number of ketones is 1. The van der Waals surface area contributed by atoms with Gasteiger partial charge in [0.1, 0.15) is 0 Å². The Morgan fingerprint density at radius 3 is 2.48 bits per heavy atom. The second-order valence-corrected chi connectivity index (χ2v) is 8.42. The van der Waals surface area contributed by atoms with Crippen molar-refractivity contribution >= 4 is 23.1 Å². The number of nitrogens with one attached hydrogen (secondary N) is 2. The molecule has 3 aromatic rings. The van der Waals surface area contributed by atoms with Gasteiger partial charge in [0.25, 0.3) is 5.91 Å². The maximum atomic E-state index is 13.2. The zero-order chi connectivity index (χ0) is 23.4. The quantitative estimate of drug-likeness (QED) is 0.442. The molecule has 0 aliphatic heterocycles. The Hall–Kier alpha value is -3.64. The minimum absolute atomic E-state index is 0.0891. The van der Waals surface area contributed by atoms with Gasteiger partial charge in [0, 0.05) is 41.5 Å². The molecule has 6 nitrogen and oxygen atoms in total. The van der Waals surface area contributed by atoms with E-state index in [1.54, 1.807) is 48.8 Å². The van der Waals surface area contributed by atoms with E-state index in [4.69, 9.17) is 11.1 Å². The molecule has 1 aliphatic carbocycles. The van der Waals surface area contributed by atoms with E-state index in [9.17, 15) is 9.59 Å². The largest absolute Gasteiger partial charge is 0.323 e. The van der Waals surface area contributed by atoms with Crippen LogP contribution >= 0.6 is 0 Å². The second-order valence-electron chi connectivity index (χ2n) is 8.42. The number of carbonyl (C=O) groups excluding carboxylic acids is 2. The normalized spacial score (nSPS) is 16.5. The topological polar surface area (TPSA) is 109 Å². The van der Waals surface area contributed by atoms with Gasteiger partial charge in [-0.2, -0.15) is 0 Å². The molecule has 1 heterocycles. The number of pyridine rings is 1. The molecule has 1 unspecified atom stereocenters. The van der Waals surface area contributed by atoms with Gasteiger partial charge in [-0.1, -0.05) is 43.3 Å². The van der Waals surface area contributed by atoms with Crippen LogP contribution in [0.4, 0.5) is 5.69 Å². The monoisotopic (exact) mass is 440 g/mol. The number of fused-ring (bicyclic) bond motifs is 1. The first-order chi connectivity index (χ1) is 16.0. The van der Waals surface area contributed by atoms with E-state index in [-0.39, 0.29) is 29.2 Å². The van der Waals surface area contributed by atoms with E-state index in [2.05, 4.69) is 16.4 Å². The van der Waals surface area contributed by atoms with Crippen LogP contribution in [0.15, 0.2) is 73.1 Å². The molecule has 168 valence electrons. The Labute approximate surface area is 193 Å². The van der Waals surface area contributed by atoms with E-state index in [0.717, 1.165) is 24.0 Å². The predicted molar refractivity (Wildman–Crippen MR) is 130 cm³/mol. The number of nitrogens with two attached hydrogens (primary N) is 1. The summed E-state index contributed by atoms with van der Waals surface area (Å²) >= 11 is 0. The summed E-state index contributed by atoms with van der Waals surface area (Å²) in [5.41, 5.74) is 10.8. The number of anilines is 1. The van der Waals surface area contributed by atoms with Crippen molar-refractivity contribution in [1.29, 1.82) is 5.41 Å². The number of benzene rings is 2. The highest BCUT2D eigenvalue weighted by molar-refractivity contribution is 6.41. The van der Waals surface area contributed by atoms with Gasteiger partial charge >= 0.3 is 0 Å². The van der Waals surface area contributed by atoms with Gasteiger partial charge in [0.2, 0.25) is 0 Å². The zero-order valence-corrected chi connectivity index (χ0v) is 18.6. The van der Waals surface area contributed by atoms with Crippen LogP contribution < -0.4 is 11.1 Å². The van der Waals surface area contributed by atoms with Crippen LogP contribution in [-0.2, 0) is 11.2 Å².